The van der Waals surface area contributed by atoms with Crippen molar-refractivity contribution in [3.63, 3.8) is 0 Å². The van der Waals surface area contributed by atoms with E-state index < -0.39 is 12.0 Å². The Morgan fingerprint density at radius 1 is 1.10 bits per heavy atom. The number of Topliss-reactive ketones (excluding diaryl/α,β-unsaturated/α-hetero) is 1. The van der Waals surface area contributed by atoms with Crippen LogP contribution < -0.4 is 10.3 Å². The van der Waals surface area contributed by atoms with Crippen molar-refractivity contribution in [2.45, 2.75) is 44.2 Å². The first kappa shape index (κ1) is 28.3. The number of halogens is 1. The number of carboxylic acids is 1. The number of hydrogen-bond donors (Lipinski definition) is 1. The van der Waals surface area contributed by atoms with Gasteiger partial charge in [0.15, 0.2) is 5.78 Å². The van der Waals surface area contributed by atoms with Crippen LogP contribution in [0.25, 0.3) is 22.4 Å². The van der Waals surface area contributed by atoms with Gasteiger partial charge in [-0.05, 0) is 54.7 Å². The van der Waals surface area contributed by atoms with Crippen LogP contribution >= 0.6 is 11.6 Å². The van der Waals surface area contributed by atoms with Gasteiger partial charge in [-0.25, -0.2) is 4.79 Å². The monoisotopic (exact) mass is 576 g/mol. The lowest BCUT2D eigenvalue weighted by Gasteiger charge is -2.28. The summed E-state index contributed by atoms with van der Waals surface area (Å²) in [6, 6.07) is 13.7. The molecule has 3 heterocycles. The smallest absolute Gasteiger partial charge is 0.335 e. The summed E-state index contributed by atoms with van der Waals surface area (Å²) < 4.78 is 18.1. The molecule has 0 saturated carbocycles. The molecule has 0 radical (unpaired) electrons. The summed E-state index contributed by atoms with van der Waals surface area (Å²) in [7, 11) is 1.50. The van der Waals surface area contributed by atoms with E-state index >= 15 is 0 Å². The Bertz CT molecular complexity index is 1590. The third-order valence-corrected chi connectivity index (χ3v) is 7.53. The zero-order chi connectivity index (χ0) is 28.9. The molecule has 0 amide bonds. The lowest BCUT2D eigenvalue weighted by Crippen LogP contribution is -2.34. The molecule has 2 aromatic carbocycles. The van der Waals surface area contributed by atoms with E-state index in [9.17, 15) is 19.5 Å². The highest BCUT2D eigenvalue weighted by molar-refractivity contribution is 6.31. The van der Waals surface area contributed by atoms with Crippen molar-refractivity contribution in [1.29, 1.82) is 0 Å². The molecule has 1 unspecified atom stereocenters. The van der Waals surface area contributed by atoms with Gasteiger partial charge in [-0.2, -0.15) is 0 Å². The molecule has 2 aromatic heterocycles. The van der Waals surface area contributed by atoms with Gasteiger partial charge in [-0.15, -0.1) is 0 Å². The first-order chi connectivity index (χ1) is 19.8. The quantitative estimate of drug-likeness (QED) is 0.250. The third-order valence-electron chi connectivity index (χ3n) is 7.30. The minimum Gasteiger partial charge on any atom is -0.495 e. The van der Waals surface area contributed by atoms with Crippen molar-refractivity contribution in [2.24, 2.45) is 0 Å². The van der Waals surface area contributed by atoms with E-state index in [1.165, 1.54) is 36.1 Å². The number of aromatic carboxylic acids is 1. The van der Waals surface area contributed by atoms with Crippen molar-refractivity contribution >= 4 is 23.4 Å². The second kappa shape index (κ2) is 12.5. The third kappa shape index (κ3) is 6.42. The number of ketones is 1. The van der Waals surface area contributed by atoms with E-state index in [-0.39, 0.29) is 29.4 Å². The van der Waals surface area contributed by atoms with Gasteiger partial charge < -0.3 is 23.7 Å². The number of hydrogen-bond acceptors (Lipinski definition) is 7. The molecule has 41 heavy (non-hydrogen) atoms. The fraction of sp³-hybridized carbons (Fsp3) is 0.290. The standard InChI is InChI=1S/C31H29ClN2O7/c1-39-29-18-34(30(36)17-25(29)24-15-21(32)9-10-23(24)26-11-13-41-33-26)27(16-22-4-2-3-12-40-22)28(35)14-19-5-7-20(8-6-19)31(37)38/h5-11,13,15,17-18,22,27H,2-4,12,14,16H2,1H3,(H,37,38)/t22-,27?/m0/s1. The van der Waals surface area contributed by atoms with Crippen molar-refractivity contribution in [3.05, 3.63) is 93.6 Å². The number of methoxy groups -OCH3 is 1. The van der Waals surface area contributed by atoms with Crippen LogP contribution in [0.3, 0.4) is 0 Å². The molecule has 9 nitrogen and oxygen atoms in total. The van der Waals surface area contributed by atoms with Gasteiger partial charge in [-0.1, -0.05) is 35.0 Å². The van der Waals surface area contributed by atoms with Crippen molar-refractivity contribution < 1.29 is 28.7 Å². The Morgan fingerprint density at radius 3 is 2.56 bits per heavy atom. The molecule has 0 aliphatic carbocycles. The maximum atomic E-state index is 13.8. The average Bonchev–Trinajstić information content (AvgIpc) is 3.51. The molecule has 1 aliphatic heterocycles. The number of carbonyl (C=O) groups excluding carboxylic acids is 1. The zero-order valence-corrected chi connectivity index (χ0v) is 23.2. The van der Waals surface area contributed by atoms with Crippen molar-refractivity contribution in [1.82, 2.24) is 9.72 Å². The van der Waals surface area contributed by atoms with Crippen LogP contribution in [0.15, 0.2) is 76.4 Å². The van der Waals surface area contributed by atoms with Gasteiger partial charge in [0, 0.05) is 47.7 Å². The van der Waals surface area contributed by atoms with Crippen LogP contribution in [0, 0.1) is 0 Å². The largest absolute Gasteiger partial charge is 0.495 e. The lowest BCUT2D eigenvalue weighted by molar-refractivity contribution is -0.123. The summed E-state index contributed by atoms with van der Waals surface area (Å²) in [6.07, 6.45) is 5.95. The Labute approximate surface area is 241 Å². The first-order valence-electron chi connectivity index (χ1n) is 13.3. The van der Waals surface area contributed by atoms with Crippen LogP contribution in [0.4, 0.5) is 0 Å². The molecule has 212 valence electrons. The van der Waals surface area contributed by atoms with E-state index in [0.717, 1.165) is 19.3 Å². The molecule has 1 fully saturated rings. The van der Waals surface area contributed by atoms with Crippen LogP contribution in [0.2, 0.25) is 5.02 Å². The second-order valence-corrected chi connectivity index (χ2v) is 10.4. The van der Waals surface area contributed by atoms with Gasteiger partial charge in [0.1, 0.15) is 17.7 Å². The van der Waals surface area contributed by atoms with Gasteiger partial charge >= 0.3 is 5.97 Å². The highest BCUT2D eigenvalue weighted by atomic mass is 35.5. The fourth-order valence-electron chi connectivity index (χ4n) is 5.19. The molecule has 2 atom stereocenters. The number of benzene rings is 2. The summed E-state index contributed by atoms with van der Waals surface area (Å²) in [6.45, 7) is 0.610. The van der Waals surface area contributed by atoms with Gasteiger partial charge in [0.25, 0.3) is 5.56 Å². The number of carboxylic acid groups (broad SMARTS) is 1. The first-order valence-corrected chi connectivity index (χ1v) is 13.7. The van der Waals surface area contributed by atoms with Crippen LogP contribution in [-0.4, -0.2) is 46.4 Å². The van der Waals surface area contributed by atoms with Gasteiger partial charge in [0.2, 0.25) is 0 Å². The normalized spacial score (nSPS) is 15.8. The minimum absolute atomic E-state index is 0.0262. The highest BCUT2D eigenvalue weighted by Gasteiger charge is 2.29. The van der Waals surface area contributed by atoms with Crippen LogP contribution in [-0.2, 0) is 16.0 Å². The van der Waals surface area contributed by atoms with Gasteiger partial charge in [0.05, 0.1) is 31.0 Å². The maximum absolute atomic E-state index is 13.8. The van der Waals surface area contributed by atoms with E-state index in [1.807, 2.05) is 0 Å². The molecule has 1 N–H and O–H groups in total. The van der Waals surface area contributed by atoms with Crippen molar-refractivity contribution in [2.75, 3.05) is 13.7 Å². The molecule has 5 rings (SSSR count). The second-order valence-electron chi connectivity index (χ2n) is 9.96. The molecule has 0 bridgehead atoms. The maximum Gasteiger partial charge on any atom is 0.335 e. The minimum atomic E-state index is -1.04. The Kier molecular flexibility index (Phi) is 8.66. The Hall–Kier alpha value is -4.21. The number of ether oxygens (including phenoxy) is 2. The number of pyridine rings is 1. The number of nitrogens with zero attached hydrogens (tertiary/aromatic N) is 2. The summed E-state index contributed by atoms with van der Waals surface area (Å²) in [5.41, 5.74) is 2.80. The predicted molar refractivity (Wildman–Crippen MR) is 153 cm³/mol. The van der Waals surface area contributed by atoms with E-state index in [1.54, 1.807) is 42.6 Å². The summed E-state index contributed by atoms with van der Waals surface area (Å²) in [5.74, 6) is -0.852. The summed E-state index contributed by atoms with van der Waals surface area (Å²) in [4.78, 5) is 38.7. The summed E-state index contributed by atoms with van der Waals surface area (Å²) in [5, 5.41) is 13.7. The van der Waals surface area contributed by atoms with Crippen LogP contribution in [0.1, 0.15) is 47.6 Å². The number of carbonyl (C=O) groups is 2. The molecule has 10 heteroatoms. The molecule has 1 aliphatic rings. The fourth-order valence-corrected chi connectivity index (χ4v) is 5.36. The number of rotatable bonds is 10. The SMILES string of the molecule is COc1cn(C(C[C@@H]2CCCCO2)C(=O)Cc2ccc(C(=O)O)cc2)c(=O)cc1-c1cc(Cl)ccc1-c1ccon1. The molecular formula is C31H29ClN2O7. The molecule has 1 saturated heterocycles. The molecular weight excluding hydrogens is 548 g/mol. The number of aromatic nitrogens is 2. The van der Waals surface area contributed by atoms with Crippen LogP contribution in [0.5, 0.6) is 5.75 Å². The summed E-state index contributed by atoms with van der Waals surface area (Å²) >= 11 is 6.34. The Balaban J connectivity index is 1.54. The molecule has 4 aromatic rings. The van der Waals surface area contributed by atoms with E-state index in [4.69, 9.17) is 25.6 Å². The average molecular weight is 577 g/mol. The lowest BCUT2D eigenvalue weighted by atomic mass is 9.94. The van der Waals surface area contributed by atoms with E-state index in [2.05, 4.69) is 5.16 Å². The van der Waals surface area contributed by atoms with Crippen molar-refractivity contribution in [3.8, 4) is 28.1 Å². The van der Waals surface area contributed by atoms with Gasteiger partial charge in [-0.3, -0.25) is 9.59 Å². The molecule has 0 spiro atoms. The predicted octanol–water partition coefficient (Wildman–Crippen LogP) is 5.84. The highest BCUT2D eigenvalue weighted by Crippen LogP contribution is 2.38. The topological polar surface area (TPSA) is 121 Å². The zero-order valence-electron chi connectivity index (χ0n) is 22.4. The Morgan fingerprint density at radius 2 is 1.90 bits per heavy atom. The van der Waals surface area contributed by atoms with E-state index in [0.29, 0.717) is 51.7 Å².